The van der Waals surface area contributed by atoms with Crippen LogP contribution in [0.5, 0.6) is 0 Å². The van der Waals surface area contributed by atoms with Crippen molar-refractivity contribution in [1.29, 1.82) is 0 Å². The van der Waals surface area contributed by atoms with Crippen LogP contribution in [0.25, 0.3) is 0 Å². The summed E-state index contributed by atoms with van der Waals surface area (Å²) in [5, 5.41) is 11.4. The standard InChI is InChI=1S/C13H17ClN2O4/c1-4-15(5-2)12-10(14)7-9(13(17)20-6-3)8-11(12)16(18)19/h7-8H,4-6H2,1-3H3. The molecule has 0 spiro atoms. The highest BCUT2D eigenvalue weighted by atomic mass is 35.5. The van der Waals surface area contributed by atoms with E-state index in [0.29, 0.717) is 18.8 Å². The molecule has 0 aliphatic carbocycles. The molecule has 1 rings (SSSR count). The molecule has 20 heavy (non-hydrogen) atoms. The zero-order valence-corrected chi connectivity index (χ0v) is 12.4. The van der Waals surface area contributed by atoms with E-state index in [9.17, 15) is 14.9 Å². The van der Waals surface area contributed by atoms with Gasteiger partial charge in [-0.25, -0.2) is 4.79 Å². The van der Waals surface area contributed by atoms with Gasteiger partial charge in [-0.3, -0.25) is 10.1 Å². The van der Waals surface area contributed by atoms with Crippen LogP contribution >= 0.6 is 11.6 Å². The smallest absolute Gasteiger partial charge is 0.338 e. The third-order valence-corrected chi connectivity index (χ3v) is 3.12. The van der Waals surface area contributed by atoms with Crippen molar-refractivity contribution in [2.75, 3.05) is 24.6 Å². The number of nitrogens with zero attached hydrogens (tertiary/aromatic N) is 2. The summed E-state index contributed by atoms with van der Waals surface area (Å²) in [6.07, 6.45) is 0. The van der Waals surface area contributed by atoms with Gasteiger partial charge in [-0.1, -0.05) is 11.6 Å². The van der Waals surface area contributed by atoms with Gasteiger partial charge in [0.1, 0.15) is 5.69 Å². The minimum atomic E-state index is -0.622. The summed E-state index contributed by atoms with van der Waals surface area (Å²) in [4.78, 5) is 24.1. The normalized spacial score (nSPS) is 10.2. The molecular formula is C13H17ClN2O4. The van der Waals surface area contributed by atoms with E-state index in [-0.39, 0.29) is 22.9 Å². The monoisotopic (exact) mass is 300 g/mol. The van der Waals surface area contributed by atoms with E-state index < -0.39 is 10.9 Å². The molecule has 0 amide bonds. The quantitative estimate of drug-likeness (QED) is 0.458. The fourth-order valence-electron chi connectivity index (χ4n) is 1.91. The summed E-state index contributed by atoms with van der Waals surface area (Å²) < 4.78 is 4.84. The summed E-state index contributed by atoms with van der Waals surface area (Å²) >= 11 is 6.12. The number of nitro groups is 1. The number of benzene rings is 1. The second-order valence-corrected chi connectivity index (χ2v) is 4.38. The molecular weight excluding hydrogens is 284 g/mol. The van der Waals surface area contributed by atoms with Crippen LogP contribution in [0.2, 0.25) is 5.02 Å². The third-order valence-electron chi connectivity index (χ3n) is 2.83. The maximum atomic E-state index is 11.7. The van der Waals surface area contributed by atoms with Crippen LogP contribution in [0.1, 0.15) is 31.1 Å². The summed E-state index contributed by atoms with van der Waals surface area (Å²) in [5.41, 5.74) is 0.221. The highest BCUT2D eigenvalue weighted by Gasteiger charge is 2.24. The van der Waals surface area contributed by atoms with Crippen LogP contribution in [-0.2, 0) is 4.74 Å². The van der Waals surface area contributed by atoms with Crippen molar-refractivity contribution in [3.8, 4) is 0 Å². The minimum Gasteiger partial charge on any atom is -0.462 e. The number of esters is 1. The van der Waals surface area contributed by atoms with E-state index in [4.69, 9.17) is 16.3 Å². The Morgan fingerprint density at radius 3 is 2.40 bits per heavy atom. The van der Waals surface area contributed by atoms with Gasteiger partial charge in [0.2, 0.25) is 0 Å². The van der Waals surface area contributed by atoms with Gasteiger partial charge < -0.3 is 9.64 Å². The van der Waals surface area contributed by atoms with Crippen molar-refractivity contribution >= 4 is 28.9 Å². The summed E-state index contributed by atoms with van der Waals surface area (Å²) in [6.45, 7) is 6.78. The molecule has 0 aliphatic rings. The molecule has 110 valence electrons. The molecule has 0 heterocycles. The number of rotatable bonds is 6. The number of ether oxygens (including phenoxy) is 1. The van der Waals surface area contributed by atoms with Gasteiger partial charge in [0.15, 0.2) is 0 Å². The molecule has 6 nitrogen and oxygen atoms in total. The maximum Gasteiger partial charge on any atom is 0.338 e. The molecule has 0 saturated carbocycles. The lowest BCUT2D eigenvalue weighted by Gasteiger charge is -2.22. The Kier molecular flexibility index (Phi) is 5.76. The second kappa shape index (κ2) is 7.09. The van der Waals surface area contributed by atoms with Crippen molar-refractivity contribution in [1.82, 2.24) is 0 Å². The van der Waals surface area contributed by atoms with E-state index >= 15 is 0 Å². The highest BCUT2D eigenvalue weighted by molar-refractivity contribution is 6.34. The van der Waals surface area contributed by atoms with Crippen LogP contribution in [0.4, 0.5) is 11.4 Å². The zero-order valence-electron chi connectivity index (χ0n) is 11.7. The lowest BCUT2D eigenvalue weighted by Crippen LogP contribution is -2.23. The van der Waals surface area contributed by atoms with Crippen molar-refractivity contribution in [3.63, 3.8) is 0 Å². The Labute approximate surface area is 122 Å². The van der Waals surface area contributed by atoms with Gasteiger partial charge in [-0.2, -0.15) is 0 Å². The predicted molar refractivity (Wildman–Crippen MR) is 77.6 cm³/mol. The molecule has 1 aromatic rings. The highest BCUT2D eigenvalue weighted by Crippen LogP contribution is 2.37. The topological polar surface area (TPSA) is 72.7 Å². The number of carbonyl (C=O) groups is 1. The van der Waals surface area contributed by atoms with Crippen molar-refractivity contribution in [3.05, 3.63) is 32.8 Å². The lowest BCUT2D eigenvalue weighted by atomic mass is 10.1. The lowest BCUT2D eigenvalue weighted by molar-refractivity contribution is -0.384. The molecule has 0 aliphatic heterocycles. The van der Waals surface area contributed by atoms with Crippen LogP contribution < -0.4 is 4.90 Å². The molecule has 0 bridgehead atoms. The molecule has 0 atom stereocenters. The summed E-state index contributed by atoms with van der Waals surface area (Å²) in [5.74, 6) is -0.622. The SMILES string of the molecule is CCOC(=O)c1cc(Cl)c(N(CC)CC)c([N+](=O)[O-])c1. The molecule has 0 radical (unpaired) electrons. The Hall–Kier alpha value is -1.82. The van der Waals surface area contributed by atoms with E-state index in [2.05, 4.69) is 0 Å². The number of anilines is 1. The Morgan fingerprint density at radius 2 is 1.95 bits per heavy atom. The molecule has 0 N–H and O–H groups in total. The van der Waals surface area contributed by atoms with Gasteiger partial charge in [0, 0.05) is 19.2 Å². The number of halogens is 1. The van der Waals surface area contributed by atoms with Gasteiger partial charge in [0.25, 0.3) is 5.69 Å². The fraction of sp³-hybridized carbons (Fsp3) is 0.462. The first-order valence-corrected chi connectivity index (χ1v) is 6.73. The number of hydrogen-bond acceptors (Lipinski definition) is 5. The van der Waals surface area contributed by atoms with Crippen molar-refractivity contribution in [2.24, 2.45) is 0 Å². The van der Waals surface area contributed by atoms with Gasteiger partial charge in [-0.05, 0) is 26.8 Å². The molecule has 1 aromatic carbocycles. The molecule has 0 saturated heterocycles. The molecule has 0 fully saturated rings. The number of hydrogen-bond donors (Lipinski definition) is 0. The van der Waals surface area contributed by atoms with E-state index in [1.165, 1.54) is 12.1 Å². The second-order valence-electron chi connectivity index (χ2n) is 3.98. The largest absolute Gasteiger partial charge is 0.462 e. The molecule has 0 aromatic heterocycles. The van der Waals surface area contributed by atoms with Gasteiger partial charge >= 0.3 is 5.97 Å². The minimum absolute atomic E-state index is 0.0828. The van der Waals surface area contributed by atoms with Crippen molar-refractivity contribution in [2.45, 2.75) is 20.8 Å². The Morgan fingerprint density at radius 1 is 1.35 bits per heavy atom. The first kappa shape index (κ1) is 16.2. The van der Waals surface area contributed by atoms with Gasteiger partial charge in [0.05, 0.1) is 22.1 Å². The summed E-state index contributed by atoms with van der Waals surface area (Å²) in [6, 6.07) is 2.61. The third kappa shape index (κ3) is 3.39. The maximum absolute atomic E-state index is 11.7. The first-order valence-electron chi connectivity index (χ1n) is 6.36. The van der Waals surface area contributed by atoms with Crippen LogP contribution in [0.15, 0.2) is 12.1 Å². The summed E-state index contributed by atoms with van der Waals surface area (Å²) in [7, 11) is 0. The predicted octanol–water partition coefficient (Wildman–Crippen LogP) is 3.27. The van der Waals surface area contributed by atoms with E-state index in [0.717, 1.165) is 0 Å². The first-order chi connectivity index (χ1) is 9.46. The van der Waals surface area contributed by atoms with Gasteiger partial charge in [-0.15, -0.1) is 0 Å². The number of carbonyl (C=O) groups excluding carboxylic acids is 1. The van der Waals surface area contributed by atoms with E-state index in [1.54, 1.807) is 11.8 Å². The van der Waals surface area contributed by atoms with Crippen LogP contribution in [-0.4, -0.2) is 30.6 Å². The Balaban J connectivity index is 3.40. The molecule has 7 heteroatoms. The van der Waals surface area contributed by atoms with Crippen molar-refractivity contribution < 1.29 is 14.5 Å². The average Bonchev–Trinajstić information content (AvgIpc) is 2.41. The zero-order chi connectivity index (χ0) is 15.3. The average molecular weight is 301 g/mol. The van der Waals surface area contributed by atoms with E-state index in [1.807, 2.05) is 13.8 Å². The van der Waals surface area contributed by atoms with Crippen LogP contribution in [0.3, 0.4) is 0 Å². The Bertz CT molecular complexity index is 515. The molecule has 0 unspecified atom stereocenters. The fourth-order valence-corrected chi connectivity index (χ4v) is 2.24. The number of nitro benzene ring substituents is 1. The van der Waals surface area contributed by atoms with Crippen LogP contribution in [0, 0.1) is 10.1 Å².